The van der Waals surface area contributed by atoms with Crippen molar-refractivity contribution in [3.63, 3.8) is 0 Å². The number of carbonyl (C=O) groups is 2. The van der Waals surface area contributed by atoms with Crippen molar-refractivity contribution in [3.05, 3.63) is 29.6 Å². The van der Waals surface area contributed by atoms with Crippen LogP contribution in [0.4, 0.5) is 10.1 Å². The molecule has 0 bridgehead atoms. The molecule has 0 spiro atoms. The number of anilines is 1. The van der Waals surface area contributed by atoms with Gasteiger partial charge >= 0.3 is 5.97 Å². The van der Waals surface area contributed by atoms with Crippen LogP contribution in [0.3, 0.4) is 0 Å². The smallest absolute Gasteiger partial charge is 0.335 e. The fraction of sp³-hybridized carbons (Fsp3) is 0.467. The minimum absolute atomic E-state index is 0.0559. The van der Waals surface area contributed by atoms with E-state index in [2.05, 4.69) is 5.32 Å². The highest BCUT2D eigenvalue weighted by atomic mass is 32.2. The topological polar surface area (TPSA) is 104 Å². The Balaban J connectivity index is 2.20. The summed E-state index contributed by atoms with van der Waals surface area (Å²) < 4.78 is 39.3. The molecule has 1 unspecified atom stereocenters. The number of hydrogen-bond donors (Lipinski definition) is 2. The van der Waals surface area contributed by atoms with Gasteiger partial charge in [-0.25, -0.2) is 17.6 Å². The molecule has 0 radical (unpaired) electrons. The Morgan fingerprint density at radius 1 is 1.42 bits per heavy atom. The summed E-state index contributed by atoms with van der Waals surface area (Å²) in [5.41, 5.74) is -0.451. The Labute approximate surface area is 139 Å². The van der Waals surface area contributed by atoms with Crippen LogP contribution < -0.4 is 5.32 Å². The van der Waals surface area contributed by atoms with E-state index >= 15 is 0 Å². The first-order chi connectivity index (χ1) is 11.3. The van der Waals surface area contributed by atoms with E-state index in [4.69, 9.17) is 5.11 Å². The molecule has 132 valence electrons. The molecule has 0 aliphatic carbocycles. The van der Waals surface area contributed by atoms with Gasteiger partial charge in [-0.05, 0) is 37.5 Å². The van der Waals surface area contributed by atoms with Crippen LogP contribution in [-0.2, 0) is 14.8 Å². The normalized spacial score (nSPS) is 18.5. The Morgan fingerprint density at radius 3 is 2.75 bits per heavy atom. The molecule has 1 fully saturated rings. The highest BCUT2D eigenvalue weighted by Crippen LogP contribution is 2.24. The SMILES string of the molecule is CCCS(=O)(=O)N1CCCC1C(=O)Nc1cc(C(=O)O)ccc1F. The summed E-state index contributed by atoms with van der Waals surface area (Å²) in [7, 11) is -3.54. The van der Waals surface area contributed by atoms with Gasteiger partial charge in [-0.2, -0.15) is 4.31 Å². The lowest BCUT2D eigenvalue weighted by Gasteiger charge is -2.23. The summed E-state index contributed by atoms with van der Waals surface area (Å²) >= 11 is 0. The number of carbonyl (C=O) groups excluding carboxylic acids is 1. The minimum atomic E-state index is -3.54. The number of carboxylic acid groups (broad SMARTS) is 1. The number of benzene rings is 1. The molecule has 1 aliphatic rings. The first-order valence-electron chi connectivity index (χ1n) is 7.59. The lowest BCUT2D eigenvalue weighted by Crippen LogP contribution is -2.44. The van der Waals surface area contributed by atoms with Crippen molar-refractivity contribution in [2.24, 2.45) is 0 Å². The Hall–Kier alpha value is -2.00. The number of sulfonamides is 1. The molecule has 0 saturated carbocycles. The second-order valence-corrected chi connectivity index (χ2v) is 7.61. The van der Waals surface area contributed by atoms with Gasteiger partial charge in [-0.3, -0.25) is 4.79 Å². The summed E-state index contributed by atoms with van der Waals surface area (Å²) in [6.07, 6.45) is 1.32. The number of rotatable bonds is 6. The van der Waals surface area contributed by atoms with Crippen molar-refractivity contribution in [2.75, 3.05) is 17.6 Å². The van der Waals surface area contributed by atoms with Gasteiger partial charge in [0, 0.05) is 6.54 Å². The first kappa shape index (κ1) is 18.3. The molecule has 1 aromatic carbocycles. The number of nitrogens with zero attached hydrogens (tertiary/aromatic N) is 1. The number of hydrogen-bond acceptors (Lipinski definition) is 4. The molecule has 24 heavy (non-hydrogen) atoms. The Bertz CT molecular complexity index is 750. The van der Waals surface area contributed by atoms with Gasteiger partial charge in [0.05, 0.1) is 17.0 Å². The third-order valence-corrected chi connectivity index (χ3v) is 5.87. The van der Waals surface area contributed by atoms with Gasteiger partial charge in [0.2, 0.25) is 15.9 Å². The molecule has 2 N–H and O–H groups in total. The fourth-order valence-corrected chi connectivity index (χ4v) is 4.43. The maximum atomic E-state index is 13.8. The number of nitrogens with one attached hydrogen (secondary N) is 1. The quantitative estimate of drug-likeness (QED) is 0.805. The molecule has 1 heterocycles. The second kappa shape index (κ2) is 7.27. The van der Waals surface area contributed by atoms with E-state index < -0.39 is 33.8 Å². The van der Waals surface area contributed by atoms with Crippen LogP contribution in [0.5, 0.6) is 0 Å². The van der Waals surface area contributed by atoms with Crippen molar-refractivity contribution in [1.82, 2.24) is 4.31 Å². The predicted octanol–water partition coefficient (Wildman–Crippen LogP) is 1.67. The molecular formula is C15H19FN2O5S. The van der Waals surface area contributed by atoms with E-state index in [1.807, 2.05) is 0 Å². The minimum Gasteiger partial charge on any atom is -0.478 e. The third-order valence-electron chi connectivity index (χ3n) is 3.80. The number of carboxylic acids is 1. The molecule has 7 nitrogen and oxygen atoms in total. The zero-order valence-corrected chi connectivity index (χ0v) is 14.0. The van der Waals surface area contributed by atoms with E-state index in [-0.39, 0.29) is 23.5 Å². The van der Waals surface area contributed by atoms with Gasteiger partial charge in [-0.15, -0.1) is 0 Å². The average Bonchev–Trinajstić information content (AvgIpc) is 2.99. The monoisotopic (exact) mass is 358 g/mol. The Morgan fingerprint density at radius 2 is 2.12 bits per heavy atom. The van der Waals surface area contributed by atoms with Crippen molar-refractivity contribution < 1.29 is 27.5 Å². The summed E-state index contributed by atoms with van der Waals surface area (Å²) in [5, 5.41) is 11.2. The molecule has 2 rings (SSSR count). The Kier molecular flexibility index (Phi) is 5.55. The molecule has 1 saturated heterocycles. The van der Waals surface area contributed by atoms with E-state index in [1.54, 1.807) is 6.92 Å². The van der Waals surface area contributed by atoms with Crippen LogP contribution >= 0.6 is 0 Å². The molecular weight excluding hydrogens is 339 g/mol. The number of amides is 1. The van der Waals surface area contributed by atoms with E-state index in [9.17, 15) is 22.4 Å². The average molecular weight is 358 g/mol. The van der Waals surface area contributed by atoms with Crippen molar-refractivity contribution in [2.45, 2.75) is 32.2 Å². The molecule has 1 amide bonds. The molecule has 0 aromatic heterocycles. The third kappa shape index (κ3) is 3.90. The van der Waals surface area contributed by atoms with E-state index in [0.717, 1.165) is 22.5 Å². The van der Waals surface area contributed by atoms with Crippen LogP contribution in [0.2, 0.25) is 0 Å². The van der Waals surface area contributed by atoms with Crippen LogP contribution in [0, 0.1) is 5.82 Å². The van der Waals surface area contributed by atoms with E-state index in [1.165, 1.54) is 0 Å². The summed E-state index contributed by atoms with van der Waals surface area (Å²) in [6.45, 7) is 1.98. The number of halogens is 1. The predicted molar refractivity (Wildman–Crippen MR) is 85.8 cm³/mol. The first-order valence-corrected chi connectivity index (χ1v) is 9.20. The maximum Gasteiger partial charge on any atom is 0.335 e. The lowest BCUT2D eigenvalue weighted by atomic mass is 10.1. The zero-order chi connectivity index (χ0) is 17.9. The fourth-order valence-electron chi connectivity index (χ4n) is 2.68. The van der Waals surface area contributed by atoms with Crippen molar-refractivity contribution in [1.29, 1.82) is 0 Å². The van der Waals surface area contributed by atoms with Gasteiger partial charge < -0.3 is 10.4 Å². The summed E-state index contributed by atoms with van der Waals surface area (Å²) in [6, 6.07) is 2.13. The second-order valence-electron chi connectivity index (χ2n) is 5.57. The van der Waals surface area contributed by atoms with Crippen LogP contribution in [-0.4, -0.2) is 48.0 Å². The zero-order valence-electron chi connectivity index (χ0n) is 13.2. The van der Waals surface area contributed by atoms with E-state index in [0.29, 0.717) is 19.3 Å². The largest absolute Gasteiger partial charge is 0.478 e. The van der Waals surface area contributed by atoms with Gasteiger partial charge in [0.25, 0.3) is 0 Å². The molecule has 1 aliphatic heterocycles. The van der Waals surface area contributed by atoms with Crippen LogP contribution in [0.1, 0.15) is 36.5 Å². The number of aromatic carboxylic acids is 1. The molecule has 1 atom stereocenters. The van der Waals surface area contributed by atoms with Crippen LogP contribution in [0.25, 0.3) is 0 Å². The summed E-state index contributed by atoms with van der Waals surface area (Å²) in [4.78, 5) is 23.3. The van der Waals surface area contributed by atoms with Crippen molar-refractivity contribution >= 4 is 27.6 Å². The van der Waals surface area contributed by atoms with Gasteiger partial charge in [-0.1, -0.05) is 6.92 Å². The van der Waals surface area contributed by atoms with Gasteiger partial charge in [0.1, 0.15) is 11.9 Å². The highest BCUT2D eigenvalue weighted by Gasteiger charge is 2.38. The maximum absolute atomic E-state index is 13.8. The molecule has 9 heteroatoms. The standard InChI is InChI=1S/C15H19FN2O5S/c1-2-8-24(22,23)18-7-3-4-13(18)14(19)17-12-9-10(15(20)21)5-6-11(12)16/h5-6,9,13H,2-4,7-8H2,1H3,(H,17,19)(H,20,21). The lowest BCUT2D eigenvalue weighted by molar-refractivity contribution is -0.119. The molecule has 1 aromatic rings. The van der Waals surface area contributed by atoms with Crippen molar-refractivity contribution in [3.8, 4) is 0 Å². The van der Waals surface area contributed by atoms with Crippen LogP contribution in [0.15, 0.2) is 18.2 Å². The van der Waals surface area contributed by atoms with Gasteiger partial charge in [0.15, 0.2) is 0 Å². The highest BCUT2D eigenvalue weighted by molar-refractivity contribution is 7.89. The summed E-state index contributed by atoms with van der Waals surface area (Å²) in [5.74, 6) is -2.75.